The maximum Gasteiger partial charge on any atom is 0.144 e. The molecule has 0 aromatic carbocycles. The van der Waals surface area contributed by atoms with E-state index in [1.165, 1.54) is 11.1 Å². The van der Waals surface area contributed by atoms with E-state index in [1.807, 2.05) is 20.8 Å². The predicted molar refractivity (Wildman–Crippen MR) is 87.2 cm³/mol. The molecule has 104 valence electrons. The van der Waals surface area contributed by atoms with Crippen LogP contribution in [-0.4, -0.2) is 20.2 Å². The van der Waals surface area contributed by atoms with Crippen LogP contribution in [0, 0.1) is 0 Å². The number of pyridine rings is 1. The van der Waals surface area contributed by atoms with Gasteiger partial charge in [-0.25, -0.2) is 9.19 Å². The Morgan fingerprint density at radius 3 is 2.53 bits per heavy atom. The zero-order valence-electron chi connectivity index (χ0n) is 11.2. The number of nitrogens with zero attached hydrogens (tertiary/aromatic N) is 2. The summed E-state index contributed by atoms with van der Waals surface area (Å²) in [5.41, 5.74) is 3.32. The van der Waals surface area contributed by atoms with E-state index in [4.69, 9.17) is 0 Å². The minimum absolute atomic E-state index is 0.350. The molecule has 0 radical (unpaired) electrons. The zero-order chi connectivity index (χ0) is 14.2. The number of aromatic nitrogens is 1. The van der Waals surface area contributed by atoms with Crippen LogP contribution >= 0.6 is 31.9 Å². The summed E-state index contributed by atoms with van der Waals surface area (Å²) in [6.45, 7) is 5.71. The molecule has 3 nitrogen and oxygen atoms in total. The van der Waals surface area contributed by atoms with Crippen LogP contribution in [0.25, 0.3) is 0 Å². The van der Waals surface area contributed by atoms with Crippen LogP contribution in [0.2, 0.25) is 0 Å². The molecule has 1 unspecified atom stereocenters. The molecule has 0 spiro atoms. The molecular formula is C13H16Br2N2OS. The summed E-state index contributed by atoms with van der Waals surface area (Å²) in [4.78, 5) is 4.48. The third-order valence-electron chi connectivity index (χ3n) is 2.97. The van der Waals surface area contributed by atoms with Crippen LogP contribution in [0.4, 0.5) is 0 Å². The molecule has 1 aromatic rings. The van der Waals surface area contributed by atoms with E-state index < -0.39 is 11.0 Å². The smallest absolute Gasteiger partial charge is 0.144 e. The van der Waals surface area contributed by atoms with Gasteiger partial charge in [-0.1, -0.05) is 0 Å². The second kappa shape index (κ2) is 5.74. The molecule has 0 aliphatic heterocycles. The monoisotopic (exact) mass is 406 g/mol. The highest BCUT2D eigenvalue weighted by Crippen LogP contribution is 2.34. The quantitative estimate of drug-likeness (QED) is 0.549. The van der Waals surface area contributed by atoms with Crippen molar-refractivity contribution in [1.29, 1.82) is 0 Å². The van der Waals surface area contributed by atoms with Crippen molar-refractivity contribution in [2.24, 2.45) is 4.40 Å². The van der Waals surface area contributed by atoms with E-state index >= 15 is 0 Å². The lowest BCUT2D eigenvalue weighted by Gasteiger charge is -2.13. The highest BCUT2D eigenvalue weighted by molar-refractivity contribution is 9.11. The molecule has 0 saturated heterocycles. The van der Waals surface area contributed by atoms with Crippen molar-refractivity contribution in [3.63, 3.8) is 0 Å². The van der Waals surface area contributed by atoms with E-state index in [-0.39, 0.29) is 4.75 Å². The molecule has 0 amide bonds. The van der Waals surface area contributed by atoms with Crippen molar-refractivity contribution in [3.05, 3.63) is 25.9 Å². The largest absolute Gasteiger partial charge is 0.238 e. The minimum Gasteiger partial charge on any atom is -0.238 e. The fourth-order valence-corrected chi connectivity index (χ4v) is 3.70. The molecule has 0 fully saturated rings. The van der Waals surface area contributed by atoms with E-state index in [2.05, 4.69) is 41.2 Å². The summed E-state index contributed by atoms with van der Waals surface area (Å²) in [6, 6.07) is 0. The Hall–Kier alpha value is -0.0700. The number of hydrogen-bond donors (Lipinski definition) is 0. The lowest BCUT2D eigenvalue weighted by Crippen LogP contribution is -2.19. The third-order valence-corrected chi connectivity index (χ3v) is 5.86. The topological polar surface area (TPSA) is 42.3 Å². The maximum atomic E-state index is 11.9. The van der Waals surface area contributed by atoms with E-state index in [1.54, 1.807) is 6.21 Å². The van der Waals surface area contributed by atoms with Crippen LogP contribution in [0.15, 0.2) is 13.5 Å². The van der Waals surface area contributed by atoms with Gasteiger partial charge in [0.2, 0.25) is 0 Å². The number of rotatable bonds is 2. The van der Waals surface area contributed by atoms with E-state index in [9.17, 15) is 4.21 Å². The first-order chi connectivity index (χ1) is 8.80. The van der Waals surface area contributed by atoms with Crippen LogP contribution < -0.4 is 0 Å². The van der Waals surface area contributed by atoms with Gasteiger partial charge >= 0.3 is 0 Å². The molecule has 1 heterocycles. The average Bonchev–Trinajstić information content (AvgIpc) is 2.80. The molecule has 2 rings (SSSR count). The maximum absolute atomic E-state index is 11.9. The first-order valence-electron chi connectivity index (χ1n) is 6.13. The highest BCUT2D eigenvalue weighted by atomic mass is 79.9. The molecule has 0 N–H and O–H groups in total. The van der Waals surface area contributed by atoms with Gasteiger partial charge in [0.1, 0.15) is 15.6 Å². The van der Waals surface area contributed by atoms with Gasteiger partial charge < -0.3 is 0 Å². The zero-order valence-corrected chi connectivity index (χ0v) is 15.2. The fraction of sp³-hybridized carbons (Fsp3) is 0.538. The standard InChI is InChI=1S/C13H16Br2N2OS/c1-13(2,3)19(18)16-7-10-11(14)8-5-4-6-9(8)12(15)17-10/h7H,4-6H2,1-3H3. The van der Waals surface area contributed by atoms with Gasteiger partial charge in [-0.3, -0.25) is 0 Å². The lowest BCUT2D eigenvalue weighted by molar-refractivity contribution is 0.651. The number of fused-ring (bicyclic) bond motifs is 1. The molecule has 1 aromatic heterocycles. The van der Waals surface area contributed by atoms with Crippen LogP contribution in [0.1, 0.15) is 44.0 Å². The van der Waals surface area contributed by atoms with Gasteiger partial charge in [-0.05, 0) is 83.0 Å². The SMILES string of the molecule is CC(C)(C)S(=O)N=Cc1nc(Br)c2c(c1Br)CCC2. The summed E-state index contributed by atoms with van der Waals surface area (Å²) in [5, 5.41) is 0. The Morgan fingerprint density at radius 2 is 1.89 bits per heavy atom. The van der Waals surface area contributed by atoms with Crippen molar-refractivity contribution >= 4 is 49.1 Å². The Labute approximate surface area is 133 Å². The Morgan fingerprint density at radius 1 is 1.26 bits per heavy atom. The van der Waals surface area contributed by atoms with Gasteiger partial charge in [0.05, 0.1) is 16.7 Å². The van der Waals surface area contributed by atoms with Gasteiger partial charge in [0.15, 0.2) is 0 Å². The molecule has 1 atom stereocenters. The van der Waals surface area contributed by atoms with Gasteiger partial charge in [-0.2, -0.15) is 4.40 Å². The van der Waals surface area contributed by atoms with Gasteiger partial charge in [0.25, 0.3) is 0 Å². The second-order valence-corrected chi connectivity index (χ2v) is 8.99. The molecule has 6 heteroatoms. The van der Waals surface area contributed by atoms with Gasteiger partial charge in [-0.15, -0.1) is 0 Å². The molecular weight excluding hydrogens is 392 g/mol. The van der Waals surface area contributed by atoms with Crippen molar-refractivity contribution in [2.75, 3.05) is 0 Å². The Kier molecular flexibility index (Phi) is 4.63. The van der Waals surface area contributed by atoms with Crippen LogP contribution in [0.3, 0.4) is 0 Å². The van der Waals surface area contributed by atoms with Gasteiger partial charge in [0, 0.05) is 4.47 Å². The average molecular weight is 408 g/mol. The van der Waals surface area contributed by atoms with Crippen LogP contribution in [0.5, 0.6) is 0 Å². The van der Waals surface area contributed by atoms with Crippen LogP contribution in [-0.2, 0) is 23.8 Å². The molecule has 0 saturated carbocycles. The second-order valence-electron chi connectivity index (χ2n) is 5.51. The molecule has 1 aliphatic carbocycles. The predicted octanol–water partition coefficient (Wildman–Crippen LogP) is 3.98. The molecule has 1 aliphatic rings. The molecule has 19 heavy (non-hydrogen) atoms. The van der Waals surface area contributed by atoms with Crippen molar-refractivity contribution < 1.29 is 4.21 Å². The minimum atomic E-state index is -1.26. The van der Waals surface area contributed by atoms with E-state index in [0.29, 0.717) is 0 Å². The highest BCUT2D eigenvalue weighted by Gasteiger charge is 2.21. The third kappa shape index (κ3) is 3.34. The van der Waals surface area contributed by atoms with E-state index in [0.717, 1.165) is 34.0 Å². The lowest BCUT2D eigenvalue weighted by atomic mass is 10.1. The molecule has 0 bridgehead atoms. The summed E-state index contributed by atoms with van der Waals surface area (Å²) < 4.78 is 17.6. The van der Waals surface area contributed by atoms with Crippen molar-refractivity contribution in [1.82, 2.24) is 4.98 Å². The number of hydrogen-bond acceptors (Lipinski definition) is 2. The first-order valence-corrected chi connectivity index (χ1v) is 8.83. The summed E-state index contributed by atoms with van der Waals surface area (Å²) in [5.74, 6) is 0. The summed E-state index contributed by atoms with van der Waals surface area (Å²) in [7, 11) is -1.26. The fourth-order valence-electron chi connectivity index (χ4n) is 1.93. The van der Waals surface area contributed by atoms with Crippen molar-refractivity contribution in [2.45, 2.75) is 44.8 Å². The number of halogens is 2. The summed E-state index contributed by atoms with van der Waals surface area (Å²) >= 11 is 7.10. The first kappa shape index (κ1) is 15.3. The Bertz CT molecular complexity index is 565. The normalized spacial score (nSPS) is 16.9. The van der Waals surface area contributed by atoms with Crippen molar-refractivity contribution in [3.8, 4) is 0 Å². The summed E-state index contributed by atoms with van der Waals surface area (Å²) in [6.07, 6.45) is 4.88. The Balaban J connectivity index is 2.35.